The number of carboxylic acid groups (broad SMARTS) is 1. The Balaban J connectivity index is 1.83. The molecule has 0 unspecified atom stereocenters. The number of nitrogens with zero attached hydrogens (tertiary/aromatic N) is 1. The van der Waals surface area contributed by atoms with Gasteiger partial charge in [-0.3, -0.25) is 4.72 Å². The van der Waals surface area contributed by atoms with Crippen LogP contribution >= 0.6 is 0 Å². The molecule has 2 aromatic carbocycles. The molecule has 0 saturated carbocycles. The van der Waals surface area contributed by atoms with Crippen LogP contribution in [0.15, 0.2) is 47.4 Å². The SMILES string of the molecule is CC(C)Cc1ccc(S(=O)(=O)Nc2ccc(N3CCCCCC3)c(C(=O)O)c2)cc1. The van der Waals surface area contributed by atoms with E-state index in [1.165, 1.54) is 6.07 Å². The molecule has 1 aliphatic rings. The second-order valence-corrected chi connectivity index (χ2v) is 9.97. The molecule has 1 fully saturated rings. The normalized spacial score (nSPS) is 15.1. The Kier molecular flexibility index (Phi) is 7.02. The molecule has 0 radical (unpaired) electrons. The minimum Gasteiger partial charge on any atom is -0.478 e. The molecule has 2 aromatic rings. The lowest BCUT2D eigenvalue weighted by Gasteiger charge is -2.24. The molecule has 2 N–H and O–H groups in total. The lowest BCUT2D eigenvalue weighted by atomic mass is 10.0. The van der Waals surface area contributed by atoms with Gasteiger partial charge in [-0.15, -0.1) is 0 Å². The highest BCUT2D eigenvalue weighted by Crippen LogP contribution is 2.28. The summed E-state index contributed by atoms with van der Waals surface area (Å²) in [4.78, 5) is 14.1. The Morgan fingerprint density at radius 3 is 2.23 bits per heavy atom. The predicted molar refractivity (Wildman–Crippen MR) is 120 cm³/mol. The van der Waals surface area contributed by atoms with Gasteiger partial charge in [0.05, 0.1) is 16.1 Å². The van der Waals surface area contributed by atoms with E-state index in [2.05, 4.69) is 23.5 Å². The molecule has 3 rings (SSSR count). The zero-order chi connectivity index (χ0) is 21.7. The third-order valence-electron chi connectivity index (χ3n) is 5.30. The van der Waals surface area contributed by atoms with Crippen molar-refractivity contribution in [3.8, 4) is 0 Å². The van der Waals surface area contributed by atoms with Crippen molar-refractivity contribution in [2.75, 3.05) is 22.7 Å². The van der Waals surface area contributed by atoms with Crippen molar-refractivity contribution >= 4 is 27.4 Å². The summed E-state index contributed by atoms with van der Waals surface area (Å²) in [6.07, 6.45) is 5.23. The van der Waals surface area contributed by atoms with Crippen LogP contribution in [0.2, 0.25) is 0 Å². The van der Waals surface area contributed by atoms with Crippen molar-refractivity contribution in [3.63, 3.8) is 0 Å². The fraction of sp³-hybridized carbons (Fsp3) is 0.435. The van der Waals surface area contributed by atoms with Crippen molar-refractivity contribution in [2.24, 2.45) is 5.92 Å². The number of benzene rings is 2. The van der Waals surface area contributed by atoms with E-state index in [0.29, 0.717) is 11.6 Å². The van der Waals surface area contributed by atoms with Gasteiger partial charge in [0.15, 0.2) is 0 Å². The molecule has 0 bridgehead atoms. The van der Waals surface area contributed by atoms with Gasteiger partial charge in [0, 0.05) is 18.8 Å². The van der Waals surface area contributed by atoms with Crippen molar-refractivity contribution in [3.05, 3.63) is 53.6 Å². The summed E-state index contributed by atoms with van der Waals surface area (Å²) in [6, 6.07) is 11.6. The van der Waals surface area contributed by atoms with Gasteiger partial charge in [-0.25, -0.2) is 13.2 Å². The fourth-order valence-electron chi connectivity index (χ4n) is 3.85. The number of sulfonamides is 1. The highest BCUT2D eigenvalue weighted by molar-refractivity contribution is 7.92. The monoisotopic (exact) mass is 430 g/mol. The summed E-state index contributed by atoms with van der Waals surface area (Å²) >= 11 is 0. The van der Waals surface area contributed by atoms with Crippen LogP contribution in [-0.4, -0.2) is 32.6 Å². The molecule has 0 aliphatic carbocycles. The summed E-state index contributed by atoms with van der Waals surface area (Å²) in [5, 5.41) is 9.70. The van der Waals surface area contributed by atoms with E-state index in [-0.39, 0.29) is 16.1 Å². The van der Waals surface area contributed by atoms with Crippen molar-refractivity contribution in [1.82, 2.24) is 0 Å². The van der Waals surface area contributed by atoms with E-state index in [1.807, 2.05) is 12.1 Å². The van der Waals surface area contributed by atoms with Gasteiger partial charge in [0.25, 0.3) is 10.0 Å². The molecule has 0 aromatic heterocycles. The Labute approximate surface area is 179 Å². The molecule has 0 atom stereocenters. The predicted octanol–water partition coefficient (Wildman–Crippen LogP) is 4.76. The molecule has 0 spiro atoms. The van der Waals surface area contributed by atoms with Crippen LogP contribution in [0.4, 0.5) is 11.4 Å². The van der Waals surface area contributed by atoms with Crippen LogP contribution in [0.25, 0.3) is 0 Å². The maximum absolute atomic E-state index is 12.8. The van der Waals surface area contributed by atoms with E-state index in [4.69, 9.17) is 0 Å². The molecule has 0 amide bonds. The van der Waals surface area contributed by atoms with Gasteiger partial charge >= 0.3 is 5.97 Å². The third kappa shape index (κ3) is 5.53. The Morgan fingerprint density at radius 1 is 1.03 bits per heavy atom. The van der Waals surface area contributed by atoms with Gasteiger partial charge in [0.1, 0.15) is 0 Å². The second-order valence-electron chi connectivity index (χ2n) is 8.29. The summed E-state index contributed by atoms with van der Waals surface area (Å²) in [5.74, 6) is -0.573. The van der Waals surface area contributed by atoms with Crippen LogP contribution < -0.4 is 9.62 Å². The van der Waals surface area contributed by atoms with Crippen LogP contribution in [0, 0.1) is 5.92 Å². The summed E-state index contributed by atoms with van der Waals surface area (Å²) in [5.41, 5.74) is 2.09. The molecule has 1 saturated heterocycles. The van der Waals surface area contributed by atoms with E-state index in [0.717, 1.165) is 50.8 Å². The highest BCUT2D eigenvalue weighted by atomic mass is 32.2. The zero-order valence-electron chi connectivity index (χ0n) is 17.6. The third-order valence-corrected chi connectivity index (χ3v) is 6.70. The van der Waals surface area contributed by atoms with E-state index < -0.39 is 16.0 Å². The molecule has 162 valence electrons. The first-order valence-electron chi connectivity index (χ1n) is 10.5. The maximum atomic E-state index is 12.8. The number of rotatable bonds is 7. The number of anilines is 2. The summed E-state index contributed by atoms with van der Waals surface area (Å²) in [6.45, 7) is 5.85. The quantitative estimate of drug-likeness (QED) is 0.661. The molecular formula is C23H30N2O4S. The zero-order valence-corrected chi connectivity index (χ0v) is 18.4. The van der Waals surface area contributed by atoms with Gasteiger partial charge in [-0.1, -0.05) is 38.8 Å². The Bertz CT molecular complexity index is 977. The van der Waals surface area contributed by atoms with Gasteiger partial charge in [0.2, 0.25) is 0 Å². The van der Waals surface area contributed by atoms with Crippen LogP contribution in [-0.2, 0) is 16.4 Å². The van der Waals surface area contributed by atoms with Crippen LogP contribution in [0.3, 0.4) is 0 Å². The van der Waals surface area contributed by atoms with Gasteiger partial charge in [-0.05, 0) is 61.1 Å². The number of hydrogen-bond donors (Lipinski definition) is 2. The average molecular weight is 431 g/mol. The fourth-order valence-corrected chi connectivity index (χ4v) is 4.90. The average Bonchev–Trinajstić information content (AvgIpc) is 2.97. The summed E-state index contributed by atoms with van der Waals surface area (Å²) < 4.78 is 28.1. The van der Waals surface area contributed by atoms with Crippen molar-refractivity contribution < 1.29 is 18.3 Å². The van der Waals surface area contributed by atoms with E-state index >= 15 is 0 Å². The summed E-state index contributed by atoms with van der Waals surface area (Å²) in [7, 11) is -3.80. The van der Waals surface area contributed by atoms with Crippen molar-refractivity contribution in [2.45, 2.75) is 50.8 Å². The number of hydrogen-bond acceptors (Lipinski definition) is 4. The second kappa shape index (κ2) is 9.51. The van der Waals surface area contributed by atoms with Crippen molar-refractivity contribution in [1.29, 1.82) is 0 Å². The molecular weight excluding hydrogens is 400 g/mol. The van der Waals surface area contributed by atoms with E-state index in [9.17, 15) is 18.3 Å². The molecule has 1 heterocycles. The van der Waals surface area contributed by atoms with Gasteiger partial charge in [-0.2, -0.15) is 0 Å². The minimum absolute atomic E-state index is 0.115. The minimum atomic E-state index is -3.80. The lowest BCUT2D eigenvalue weighted by Crippen LogP contribution is -2.26. The number of aromatic carboxylic acids is 1. The molecule has 7 heteroatoms. The first-order valence-corrected chi connectivity index (χ1v) is 12.0. The smallest absolute Gasteiger partial charge is 0.337 e. The highest BCUT2D eigenvalue weighted by Gasteiger charge is 2.20. The number of nitrogens with one attached hydrogen (secondary N) is 1. The first-order chi connectivity index (χ1) is 14.3. The van der Waals surface area contributed by atoms with Crippen LogP contribution in [0.5, 0.6) is 0 Å². The lowest BCUT2D eigenvalue weighted by molar-refractivity contribution is 0.0697. The first kappa shape index (κ1) is 22.2. The van der Waals surface area contributed by atoms with E-state index in [1.54, 1.807) is 24.3 Å². The number of carboxylic acids is 1. The number of carbonyl (C=O) groups is 1. The Morgan fingerprint density at radius 2 is 1.67 bits per heavy atom. The molecule has 6 nitrogen and oxygen atoms in total. The Hall–Kier alpha value is -2.54. The largest absolute Gasteiger partial charge is 0.478 e. The van der Waals surface area contributed by atoms with Gasteiger partial charge < -0.3 is 10.0 Å². The maximum Gasteiger partial charge on any atom is 0.337 e. The molecule has 30 heavy (non-hydrogen) atoms. The molecule has 1 aliphatic heterocycles. The topological polar surface area (TPSA) is 86.7 Å². The standard InChI is InChI=1S/C23H30N2O4S/c1-17(2)15-18-7-10-20(11-8-18)30(28,29)24-19-9-12-22(21(16-19)23(26)27)25-13-5-3-4-6-14-25/h7-12,16-17,24H,3-6,13-15H2,1-2H3,(H,26,27). The van der Waals surface area contributed by atoms with Crippen LogP contribution in [0.1, 0.15) is 55.5 Å².